The van der Waals surface area contributed by atoms with Crippen molar-refractivity contribution in [1.82, 2.24) is 19.6 Å². The van der Waals surface area contributed by atoms with Crippen LogP contribution in [-0.2, 0) is 23.1 Å². The number of hydrogen-bond donors (Lipinski definition) is 2. The average Bonchev–Trinajstić information content (AvgIpc) is 3.24. The van der Waals surface area contributed by atoms with Crippen molar-refractivity contribution in [2.75, 3.05) is 6.54 Å². The number of amides is 1. The standard InChI is InChI=1S/C24H23ClN4O3S/c25-21-9-8-20(15-23(21)33(31,32)28-17-18-5-3-11-26-16-18)24(30)27-12-4-13-29-14-10-19-6-1-2-7-22(19)29/h1-3,5-11,14-16,28H,4,12-13,17H2,(H,27,30). The number of hydrogen-bond acceptors (Lipinski definition) is 4. The molecule has 0 aliphatic carbocycles. The van der Waals surface area contributed by atoms with Crippen LogP contribution < -0.4 is 10.0 Å². The van der Waals surface area contributed by atoms with E-state index in [0.717, 1.165) is 18.5 Å². The Balaban J connectivity index is 1.36. The first-order valence-corrected chi connectivity index (χ1v) is 12.3. The number of carbonyl (C=O) groups is 1. The lowest BCUT2D eigenvalue weighted by Crippen LogP contribution is -2.27. The fourth-order valence-electron chi connectivity index (χ4n) is 3.50. The lowest BCUT2D eigenvalue weighted by atomic mass is 10.2. The van der Waals surface area contributed by atoms with E-state index >= 15 is 0 Å². The Hall–Kier alpha value is -3.20. The molecule has 0 aliphatic heterocycles. The molecule has 2 heterocycles. The Morgan fingerprint density at radius 1 is 1.06 bits per heavy atom. The molecule has 2 aromatic heterocycles. The molecule has 170 valence electrons. The maximum absolute atomic E-state index is 12.7. The Morgan fingerprint density at radius 2 is 1.91 bits per heavy atom. The number of nitrogens with zero attached hydrogens (tertiary/aromatic N) is 2. The van der Waals surface area contributed by atoms with E-state index in [0.29, 0.717) is 12.1 Å². The van der Waals surface area contributed by atoms with E-state index in [4.69, 9.17) is 11.6 Å². The summed E-state index contributed by atoms with van der Waals surface area (Å²) in [6, 6.07) is 17.9. The molecule has 9 heteroatoms. The van der Waals surface area contributed by atoms with Crippen molar-refractivity contribution in [3.05, 3.63) is 95.4 Å². The van der Waals surface area contributed by atoms with Gasteiger partial charge >= 0.3 is 0 Å². The van der Waals surface area contributed by atoms with Gasteiger partial charge in [-0.25, -0.2) is 13.1 Å². The molecule has 2 aromatic carbocycles. The number of aromatic nitrogens is 2. The molecule has 4 aromatic rings. The normalized spacial score (nSPS) is 11.5. The molecule has 0 saturated carbocycles. The largest absolute Gasteiger partial charge is 0.352 e. The summed E-state index contributed by atoms with van der Waals surface area (Å²) >= 11 is 6.13. The topological polar surface area (TPSA) is 93.1 Å². The molecule has 0 radical (unpaired) electrons. The smallest absolute Gasteiger partial charge is 0.251 e. The summed E-state index contributed by atoms with van der Waals surface area (Å²) in [5.74, 6) is -0.354. The molecule has 33 heavy (non-hydrogen) atoms. The third-order valence-corrected chi connectivity index (χ3v) is 7.10. The van der Waals surface area contributed by atoms with Gasteiger partial charge in [-0.05, 0) is 53.8 Å². The van der Waals surface area contributed by atoms with Gasteiger partial charge in [0.15, 0.2) is 0 Å². The summed E-state index contributed by atoms with van der Waals surface area (Å²) in [5, 5.41) is 4.07. The zero-order valence-corrected chi connectivity index (χ0v) is 19.3. The number of aryl methyl sites for hydroxylation is 1. The summed E-state index contributed by atoms with van der Waals surface area (Å²) in [7, 11) is -3.91. The molecule has 0 aliphatic rings. The summed E-state index contributed by atoms with van der Waals surface area (Å²) in [4.78, 5) is 16.4. The highest BCUT2D eigenvalue weighted by atomic mass is 35.5. The van der Waals surface area contributed by atoms with Gasteiger partial charge in [-0.3, -0.25) is 9.78 Å². The number of benzene rings is 2. The van der Waals surface area contributed by atoms with Gasteiger partial charge in [-0.2, -0.15) is 0 Å². The Bertz CT molecular complexity index is 1370. The van der Waals surface area contributed by atoms with E-state index in [-0.39, 0.29) is 27.9 Å². The lowest BCUT2D eigenvalue weighted by molar-refractivity contribution is 0.0952. The molecule has 4 rings (SSSR count). The Kier molecular flexibility index (Phi) is 7.08. The lowest BCUT2D eigenvalue weighted by Gasteiger charge is -2.11. The third kappa shape index (κ3) is 5.60. The van der Waals surface area contributed by atoms with Crippen molar-refractivity contribution in [3.8, 4) is 0 Å². The highest BCUT2D eigenvalue weighted by molar-refractivity contribution is 7.89. The fraction of sp³-hybridized carbons (Fsp3) is 0.167. The average molecular weight is 483 g/mol. The van der Waals surface area contributed by atoms with Crippen LogP contribution in [0.4, 0.5) is 0 Å². The zero-order chi connectivity index (χ0) is 23.3. The van der Waals surface area contributed by atoms with Crippen LogP contribution in [0.1, 0.15) is 22.3 Å². The van der Waals surface area contributed by atoms with Gasteiger partial charge in [0.2, 0.25) is 10.0 Å². The molecular weight excluding hydrogens is 460 g/mol. The first-order valence-electron chi connectivity index (χ1n) is 10.4. The number of fused-ring (bicyclic) bond motifs is 1. The molecule has 2 N–H and O–H groups in total. The summed E-state index contributed by atoms with van der Waals surface area (Å²) in [6.45, 7) is 1.28. The van der Waals surface area contributed by atoms with Crippen molar-refractivity contribution in [1.29, 1.82) is 0 Å². The van der Waals surface area contributed by atoms with Crippen molar-refractivity contribution in [3.63, 3.8) is 0 Å². The second kappa shape index (κ2) is 10.2. The number of nitrogens with one attached hydrogen (secondary N) is 2. The van der Waals surface area contributed by atoms with E-state index in [9.17, 15) is 13.2 Å². The molecule has 0 bridgehead atoms. The number of carbonyl (C=O) groups excluding carboxylic acids is 1. The molecule has 1 amide bonds. The van der Waals surface area contributed by atoms with Crippen LogP contribution in [-0.4, -0.2) is 30.4 Å². The highest BCUT2D eigenvalue weighted by Gasteiger charge is 2.20. The molecule has 0 spiro atoms. The van der Waals surface area contributed by atoms with Crippen LogP contribution in [0.2, 0.25) is 5.02 Å². The predicted octanol–water partition coefficient (Wildman–Crippen LogP) is 3.99. The van der Waals surface area contributed by atoms with E-state index < -0.39 is 10.0 Å². The van der Waals surface area contributed by atoms with Gasteiger partial charge in [0, 0.05) is 49.3 Å². The van der Waals surface area contributed by atoms with Gasteiger partial charge in [0.1, 0.15) is 4.90 Å². The number of pyridine rings is 1. The van der Waals surface area contributed by atoms with Gasteiger partial charge in [-0.1, -0.05) is 35.9 Å². The number of sulfonamides is 1. The fourth-order valence-corrected chi connectivity index (χ4v) is 5.04. The van der Waals surface area contributed by atoms with Crippen molar-refractivity contribution in [2.45, 2.75) is 24.4 Å². The molecular formula is C24H23ClN4O3S. The summed E-state index contributed by atoms with van der Waals surface area (Å²) in [6.07, 6.45) is 5.94. The van der Waals surface area contributed by atoms with E-state index in [1.807, 2.05) is 18.3 Å². The van der Waals surface area contributed by atoms with Crippen LogP contribution in [0, 0.1) is 0 Å². The third-order valence-electron chi connectivity index (χ3n) is 5.21. The second-order valence-electron chi connectivity index (χ2n) is 7.51. The van der Waals surface area contributed by atoms with E-state index in [2.05, 4.69) is 37.8 Å². The molecule has 0 fully saturated rings. The van der Waals surface area contributed by atoms with Crippen molar-refractivity contribution in [2.24, 2.45) is 0 Å². The minimum atomic E-state index is -3.91. The van der Waals surface area contributed by atoms with Gasteiger partial charge < -0.3 is 9.88 Å². The van der Waals surface area contributed by atoms with Gasteiger partial charge in [-0.15, -0.1) is 0 Å². The predicted molar refractivity (Wildman–Crippen MR) is 129 cm³/mol. The zero-order valence-electron chi connectivity index (χ0n) is 17.7. The summed E-state index contributed by atoms with van der Waals surface area (Å²) in [5.41, 5.74) is 2.09. The maximum atomic E-state index is 12.7. The molecule has 0 unspecified atom stereocenters. The minimum absolute atomic E-state index is 0.0460. The first kappa shape index (κ1) is 23.0. The van der Waals surface area contributed by atoms with Crippen molar-refractivity contribution < 1.29 is 13.2 Å². The van der Waals surface area contributed by atoms with Gasteiger partial charge in [0.25, 0.3) is 5.91 Å². The van der Waals surface area contributed by atoms with Crippen LogP contribution in [0.25, 0.3) is 10.9 Å². The second-order valence-corrected chi connectivity index (χ2v) is 9.65. The molecule has 0 atom stereocenters. The molecule has 0 saturated heterocycles. The maximum Gasteiger partial charge on any atom is 0.251 e. The van der Waals surface area contributed by atoms with Crippen LogP contribution in [0.3, 0.4) is 0 Å². The highest BCUT2D eigenvalue weighted by Crippen LogP contribution is 2.23. The van der Waals surface area contributed by atoms with Gasteiger partial charge in [0.05, 0.1) is 5.02 Å². The first-order chi connectivity index (χ1) is 15.9. The Morgan fingerprint density at radius 3 is 2.73 bits per heavy atom. The minimum Gasteiger partial charge on any atom is -0.352 e. The number of rotatable bonds is 9. The number of halogens is 1. The van der Waals surface area contributed by atoms with Crippen molar-refractivity contribution >= 4 is 38.4 Å². The van der Waals surface area contributed by atoms with E-state index in [1.54, 1.807) is 24.5 Å². The molecule has 7 nitrogen and oxygen atoms in total. The van der Waals surface area contributed by atoms with E-state index in [1.165, 1.54) is 23.6 Å². The van der Waals surface area contributed by atoms with Crippen LogP contribution in [0.5, 0.6) is 0 Å². The number of para-hydroxylation sites is 1. The Labute approximate surface area is 197 Å². The van der Waals surface area contributed by atoms with Crippen LogP contribution >= 0.6 is 11.6 Å². The van der Waals surface area contributed by atoms with Crippen LogP contribution in [0.15, 0.2) is 84.1 Å². The monoisotopic (exact) mass is 482 g/mol. The SMILES string of the molecule is O=C(NCCCn1ccc2ccccc21)c1ccc(Cl)c(S(=O)(=O)NCc2cccnc2)c1. The summed E-state index contributed by atoms with van der Waals surface area (Å²) < 4.78 is 30.1. The quantitative estimate of drug-likeness (QED) is 0.353.